The number of aryl methyl sites for hydroxylation is 1. The first-order valence-electron chi connectivity index (χ1n) is 5.11. The first kappa shape index (κ1) is 11.1. The summed E-state index contributed by atoms with van der Waals surface area (Å²) in [4.78, 5) is 19.9. The van der Waals surface area contributed by atoms with Crippen LogP contribution in [0.1, 0.15) is 16.1 Å². The first-order chi connectivity index (χ1) is 8.18. The SMILES string of the molecule is Cc1ncccc1NC(=O)c1cnccc1N. The molecule has 0 saturated carbocycles. The minimum absolute atomic E-state index is 0.285. The number of nitrogens with one attached hydrogen (secondary N) is 1. The predicted molar refractivity (Wildman–Crippen MR) is 65.6 cm³/mol. The Balaban J connectivity index is 2.24. The van der Waals surface area contributed by atoms with Gasteiger partial charge in [-0.05, 0) is 25.1 Å². The first-order valence-corrected chi connectivity index (χ1v) is 5.11. The number of nitrogen functional groups attached to an aromatic ring is 1. The molecule has 2 heterocycles. The van der Waals surface area contributed by atoms with E-state index in [4.69, 9.17) is 5.73 Å². The largest absolute Gasteiger partial charge is 0.398 e. The van der Waals surface area contributed by atoms with Gasteiger partial charge in [0.05, 0.1) is 16.9 Å². The molecule has 3 N–H and O–H groups in total. The van der Waals surface area contributed by atoms with Crippen molar-refractivity contribution in [1.82, 2.24) is 9.97 Å². The third-order valence-electron chi connectivity index (χ3n) is 2.35. The van der Waals surface area contributed by atoms with Crippen LogP contribution < -0.4 is 11.1 Å². The molecule has 0 aliphatic heterocycles. The number of rotatable bonds is 2. The van der Waals surface area contributed by atoms with Gasteiger partial charge in [-0.25, -0.2) is 0 Å². The summed E-state index contributed by atoms with van der Waals surface area (Å²) in [6.07, 6.45) is 4.65. The van der Waals surface area contributed by atoms with Crippen molar-refractivity contribution in [3.8, 4) is 0 Å². The Bertz CT molecular complexity index is 554. The highest BCUT2D eigenvalue weighted by atomic mass is 16.1. The topological polar surface area (TPSA) is 80.9 Å². The third-order valence-corrected chi connectivity index (χ3v) is 2.35. The fraction of sp³-hybridized carbons (Fsp3) is 0.0833. The van der Waals surface area contributed by atoms with Gasteiger partial charge in [-0.2, -0.15) is 0 Å². The molecule has 2 aromatic heterocycles. The second-order valence-electron chi connectivity index (χ2n) is 3.55. The van der Waals surface area contributed by atoms with Crippen LogP contribution in [0.25, 0.3) is 0 Å². The van der Waals surface area contributed by atoms with Crippen molar-refractivity contribution in [2.24, 2.45) is 0 Å². The fourth-order valence-electron chi connectivity index (χ4n) is 1.40. The molecular weight excluding hydrogens is 216 g/mol. The Morgan fingerprint density at radius 3 is 2.88 bits per heavy atom. The van der Waals surface area contributed by atoms with E-state index in [0.29, 0.717) is 16.9 Å². The molecule has 0 fully saturated rings. The summed E-state index contributed by atoms with van der Waals surface area (Å²) >= 11 is 0. The van der Waals surface area contributed by atoms with Gasteiger partial charge in [0.15, 0.2) is 0 Å². The molecule has 0 aliphatic carbocycles. The van der Waals surface area contributed by atoms with Gasteiger partial charge < -0.3 is 11.1 Å². The van der Waals surface area contributed by atoms with Gasteiger partial charge in [-0.15, -0.1) is 0 Å². The van der Waals surface area contributed by atoms with Crippen molar-refractivity contribution in [3.63, 3.8) is 0 Å². The highest BCUT2D eigenvalue weighted by Crippen LogP contribution is 2.14. The molecule has 5 heteroatoms. The van der Waals surface area contributed by atoms with Crippen molar-refractivity contribution >= 4 is 17.3 Å². The minimum Gasteiger partial charge on any atom is -0.398 e. The lowest BCUT2D eigenvalue weighted by Gasteiger charge is -2.08. The summed E-state index contributed by atoms with van der Waals surface area (Å²) in [5, 5.41) is 2.75. The summed E-state index contributed by atoms with van der Waals surface area (Å²) in [6.45, 7) is 1.82. The van der Waals surface area contributed by atoms with E-state index < -0.39 is 0 Å². The van der Waals surface area contributed by atoms with Crippen LogP contribution in [0.5, 0.6) is 0 Å². The number of hydrogen-bond acceptors (Lipinski definition) is 4. The van der Waals surface area contributed by atoms with E-state index in [1.165, 1.54) is 6.20 Å². The van der Waals surface area contributed by atoms with E-state index in [1.807, 2.05) is 6.92 Å². The van der Waals surface area contributed by atoms with Crippen molar-refractivity contribution in [2.75, 3.05) is 11.1 Å². The molecule has 1 amide bonds. The maximum absolute atomic E-state index is 11.9. The van der Waals surface area contributed by atoms with Crippen LogP contribution in [-0.2, 0) is 0 Å². The average Bonchev–Trinajstić information content (AvgIpc) is 2.32. The highest BCUT2D eigenvalue weighted by molar-refractivity contribution is 6.07. The second kappa shape index (κ2) is 4.61. The predicted octanol–water partition coefficient (Wildman–Crippen LogP) is 1.62. The number of aromatic nitrogens is 2. The Morgan fingerprint density at radius 1 is 1.35 bits per heavy atom. The smallest absolute Gasteiger partial charge is 0.259 e. The normalized spacial score (nSPS) is 9.94. The van der Waals surface area contributed by atoms with Crippen LogP contribution in [0.3, 0.4) is 0 Å². The Kier molecular flexibility index (Phi) is 3.00. The Hall–Kier alpha value is -2.43. The molecule has 0 saturated heterocycles. The van der Waals surface area contributed by atoms with Gasteiger partial charge in [0.1, 0.15) is 0 Å². The van der Waals surface area contributed by atoms with Crippen LogP contribution in [0.2, 0.25) is 0 Å². The van der Waals surface area contributed by atoms with E-state index in [-0.39, 0.29) is 5.91 Å². The van der Waals surface area contributed by atoms with Crippen molar-refractivity contribution in [3.05, 3.63) is 48.0 Å². The number of nitrogens with zero attached hydrogens (tertiary/aromatic N) is 2. The van der Waals surface area contributed by atoms with Crippen LogP contribution in [-0.4, -0.2) is 15.9 Å². The summed E-state index contributed by atoms with van der Waals surface area (Å²) in [7, 11) is 0. The molecule has 17 heavy (non-hydrogen) atoms. The molecule has 0 bridgehead atoms. The fourth-order valence-corrected chi connectivity index (χ4v) is 1.40. The molecule has 0 unspecified atom stereocenters. The van der Waals surface area contributed by atoms with E-state index in [9.17, 15) is 4.79 Å². The molecule has 0 aromatic carbocycles. The van der Waals surface area contributed by atoms with E-state index in [1.54, 1.807) is 30.6 Å². The highest BCUT2D eigenvalue weighted by Gasteiger charge is 2.10. The lowest BCUT2D eigenvalue weighted by atomic mass is 10.2. The van der Waals surface area contributed by atoms with E-state index in [2.05, 4.69) is 15.3 Å². The average molecular weight is 228 g/mol. The number of anilines is 2. The quantitative estimate of drug-likeness (QED) is 0.818. The summed E-state index contributed by atoms with van der Waals surface area (Å²) in [5.74, 6) is -0.285. The van der Waals surface area contributed by atoms with Crippen molar-refractivity contribution in [1.29, 1.82) is 0 Å². The zero-order chi connectivity index (χ0) is 12.3. The number of carbonyl (C=O) groups excluding carboxylic acids is 1. The summed E-state index contributed by atoms with van der Waals surface area (Å²) in [6, 6.07) is 5.13. The summed E-state index contributed by atoms with van der Waals surface area (Å²) in [5.41, 5.74) is 7.88. The lowest BCUT2D eigenvalue weighted by molar-refractivity contribution is 0.102. The molecule has 5 nitrogen and oxygen atoms in total. The van der Waals surface area contributed by atoms with Gasteiger partial charge >= 0.3 is 0 Å². The molecule has 0 atom stereocenters. The molecule has 0 aliphatic rings. The van der Waals surface area contributed by atoms with Crippen molar-refractivity contribution in [2.45, 2.75) is 6.92 Å². The zero-order valence-electron chi connectivity index (χ0n) is 9.34. The van der Waals surface area contributed by atoms with Crippen molar-refractivity contribution < 1.29 is 4.79 Å². The molecular formula is C12H12N4O. The maximum atomic E-state index is 11.9. The van der Waals surface area contributed by atoms with Gasteiger partial charge in [0.25, 0.3) is 5.91 Å². The van der Waals surface area contributed by atoms with Gasteiger partial charge in [-0.3, -0.25) is 14.8 Å². The zero-order valence-corrected chi connectivity index (χ0v) is 9.34. The molecule has 2 rings (SSSR count). The van der Waals surface area contributed by atoms with E-state index in [0.717, 1.165) is 5.69 Å². The van der Waals surface area contributed by atoms with Crippen LogP contribution in [0.4, 0.5) is 11.4 Å². The van der Waals surface area contributed by atoms with Gasteiger partial charge in [0.2, 0.25) is 0 Å². The van der Waals surface area contributed by atoms with Gasteiger partial charge in [-0.1, -0.05) is 0 Å². The molecule has 2 aromatic rings. The summed E-state index contributed by atoms with van der Waals surface area (Å²) < 4.78 is 0. The van der Waals surface area contributed by atoms with E-state index >= 15 is 0 Å². The number of carbonyl (C=O) groups is 1. The number of nitrogens with two attached hydrogens (primary N) is 1. The van der Waals surface area contributed by atoms with Crippen LogP contribution >= 0.6 is 0 Å². The molecule has 0 spiro atoms. The maximum Gasteiger partial charge on any atom is 0.259 e. The van der Waals surface area contributed by atoms with Crippen LogP contribution in [0, 0.1) is 6.92 Å². The lowest BCUT2D eigenvalue weighted by Crippen LogP contribution is -2.15. The Morgan fingerprint density at radius 2 is 2.18 bits per heavy atom. The van der Waals surface area contributed by atoms with Gasteiger partial charge in [0, 0.05) is 24.3 Å². The standard InChI is InChI=1S/C12H12N4O/c1-8-11(3-2-5-15-8)16-12(17)9-7-14-6-4-10(9)13/h2-7H,1H3,(H2,13,14)(H,16,17). The number of hydrogen-bond donors (Lipinski definition) is 2. The van der Waals surface area contributed by atoms with Crippen LogP contribution in [0.15, 0.2) is 36.8 Å². The monoisotopic (exact) mass is 228 g/mol. The second-order valence-corrected chi connectivity index (χ2v) is 3.55. The number of amides is 1. The molecule has 86 valence electrons. The minimum atomic E-state index is -0.285. The number of pyridine rings is 2. The Labute approximate surface area is 98.7 Å². The molecule has 0 radical (unpaired) electrons. The third kappa shape index (κ3) is 2.39.